The van der Waals surface area contributed by atoms with Gasteiger partial charge in [0, 0.05) is 38.6 Å². The average Bonchev–Trinajstić information content (AvgIpc) is 4.17. The van der Waals surface area contributed by atoms with Crippen molar-refractivity contribution < 1.29 is 0 Å². The predicted octanol–water partition coefficient (Wildman–Crippen LogP) is 15.7. The molecule has 0 fully saturated rings. The molecule has 0 radical (unpaired) electrons. The molecule has 3 heteroatoms. The molecular formula is C71H59BN2. The lowest BCUT2D eigenvalue weighted by Crippen LogP contribution is -2.61. The van der Waals surface area contributed by atoms with Gasteiger partial charge in [0.2, 0.25) is 0 Å². The van der Waals surface area contributed by atoms with Crippen LogP contribution < -0.4 is 16.4 Å². The molecule has 5 heterocycles. The maximum atomic E-state index is 2.92. The molecular weight excluding hydrogens is 892 g/mol. The molecule has 3 aliphatic heterocycles. The third-order valence-electron chi connectivity index (χ3n) is 20.3. The Morgan fingerprint density at radius 3 is 1.62 bits per heavy atom. The van der Waals surface area contributed by atoms with Gasteiger partial charge >= 0.3 is 0 Å². The van der Waals surface area contributed by atoms with E-state index in [9.17, 15) is 0 Å². The normalized spacial score (nSPS) is 18.6. The summed E-state index contributed by atoms with van der Waals surface area (Å²) in [6.07, 6.45) is 4.64. The standard InChI is InChI=1S/C71H59BN2/c1-67(2)33-35-69(5,6)58-50(67)38-52-64-56(58)57-59-51(68(3,4)34-36-70(59,7)8)39-53-66(57)74(64)65-49(71(52)47-29-19-17-27-44(47)45-28-18-20-30-48(45)71)31-32-54-61(65)72(53)60-43-26-16-15-25-42(43)37-46-55(40-21-11-9-12-22-40)62(73(54)63(46)60)41-23-13-10-14-24-41/h9-32,37-39H,33-36H2,1-8H3. The first-order valence-corrected chi connectivity index (χ1v) is 27.6. The zero-order valence-electron chi connectivity index (χ0n) is 43.9. The van der Waals surface area contributed by atoms with Gasteiger partial charge in [0.05, 0.1) is 22.1 Å². The van der Waals surface area contributed by atoms with E-state index in [2.05, 4.69) is 228 Å². The summed E-state index contributed by atoms with van der Waals surface area (Å²) >= 11 is 0. The molecule has 9 aromatic carbocycles. The topological polar surface area (TPSA) is 9.86 Å². The summed E-state index contributed by atoms with van der Waals surface area (Å²) in [5.41, 5.74) is 30.4. The fourth-order valence-electron chi connectivity index (χ4n) is 16.9. The first-order valence-electron chi connectivity index (χ1n) is 27.6. The fourth-order valence-corrected chi connectivity index (χ4v) is 16.9. The Kier molecular flexibility index (Phi) is 7.55. The second-order valence-electron chi connectivity index (χ2n) is 25.9. The summed E-state index contributed by atoms with van der Waals surface area (Å²) in [5.74, 6) is 0. The number of aromatic nitrogens is 2. The largest absolute Gasteiger partial charge is 0.310 e. The molecule has 2 aromatic heterocycles. The summed E-state index contributed by atoms with van der Waals surface area (Å²) in [6.45, 7) is 20.5. The van der Waals surface area contributed by atoms with Gasteiger partial charge in [0.1, 0.15) is 0 Å². The summed E-state index contributed by atoms with van der Waals surface area (Å²) in [5, 5.41) is 7.06. The van der Waals surface area contributed by atoms with Crippen LogP contribution in [0.1, 0.15) is 126 Å². The molecule has 0 saturated heterocycles. The lowest BCUT2D eigenvalue weighted by Gasteiger charge is -2.47. The molecule has 0 unspecified atom stereocenters. The zero-order valence-corrected chi connectivity index (χ0v) is 43.9. The number of benzene rings is 9. The van der Waals surface area contributed by atoms with Crippen LogP contribution in [-0.4, -0.2) is 15.8 Å². The highest BCUT2D eigenvalue weighted by molar-refractivity contribution is 7.01. The summed E-state index contributed by atoms with van der Waals surface area (Å²) < 4.78 is 5.66. The molecule has 0 amide bonds. The number of rotatable bonds is 2. The smallest absolute Gasteiger partial charge is 0.253 e. The highest BCUT2D eigenvalue weighted by Crippen LogP contribution is 2.65. The summed E-state index contributed by atoms with van der Waals surface area (Å²) in [4.78, 5) is 0. The van der Waals surface area contributed by atoms with Crippen molar-refractivity contribution >= 4 is 66.6 Å². The van der Waals surface area contributed by atoms with Crippen LogP contribution in [0.2, 0.25) is 0 Å². The van der Waals surface area contributed by atoms with E-state index in [-0.39, 0.29) is 28.4 Å². The third-order valence-corrected chi connectivity index (χ3v) is 20.3. The molecule has 3 aliphatic carbocycles. The van der Waals surface area contributed by atoms with Crippen molar-refractivity contribution in [3.63, 3.8) is 0 Å². The highest BCUT2D eigenvalue weighted by atomic mass is 15.1. The Bertz CT molecular complexity index is 4370. The molecule has 11 aromatic rings. The van der Waals surface area contributed by atoms with Crippen molar-refractivity contribution in [1.29, 1.82) is 0 Å². The molecule has 74 heavy (non-hydrogen) atoms. The molecule has 6 aliphatic rings. The second kappa shape index (κ2) is 13.3. The van der Waals surface area contributed by atoms with Gasteiger partial charge in [0.25, 0.3) is 6.71 Å². The minimum absolute atomic E-state index is 0.0153. The van der Waals surface area contributed by atoms with Gasteiger partial charge < -0.3 is 9.13 Å². The molecule has 356 valence electrons. The van der Waals surface area contributed by atoms with Crippen molar-refractivity contribution in [2.45, 2.75) is 108 Å². The Labute approximate surface area is 434 Å². The van der Waals surface area contributed by atoms with Gasteiger partial charge in [-0.3, -0.25) is 0 Å². The molecule has 17 rings (SSSR count). The van der Waals surface area contributed by atoms with Crippen LogP contribution in [0.5, 0.6) is 0 Å². The van der Waals surface area contributed by atoms with E-state index in [1.165, 1.54) is 122 Å². The lowest BCUT2D eigenvalue weighted by molar-refractivity contribution is 0.333. The van der Waals surface area contributed by atoms with Crippen LogP contribution >= 0.6 is 0 Å². The SMILES string of the molecule is CC1(C)CCC(C)(C)c2c1cc1c3c2c2c4c(cc5c2n3-c2c(ccc3c2B1c1c2ccccc2cc2c(-c6ccccc6)c(-c6ccccc6)n-3c12)C51c2ccccc2-c2ccccc21)C(C)(C)CCC4(C)C. The van der Waals surface area contributed by atoms with E-state index >= 15 is 0 Å². The second-order valence-corrected chi connectivity index (χ2v) is 25.9. The molecule has 0 N–H and O–H groups in total. The number of hydrogen-bond acceptors (Lipinski definition) is 0. The average molecular weight is 951 g/mol. The van der Waals surface area contributed by atoms with Crippen molar-refractivity contribution in [3.05, 3.63) is 208 Å². The summed E-state index contributed by atoms with van der Waals surface area (Å²) in [6, 6.07) is 64.3. The minimum atomic E-state index is -0.563. The monoisotopic (exact) mass is 950 g/mol. The predicted molar refractivity (Wildman–Crippen MR) is 312 cm³/mol. The first kappa shape index (κ1) is 42.0. The quantitative estimate of drug-likeness (QED) is 0.153. The van der Waals surface area contributed by atoms with Crippen molar-refractivity contribution in [3.8, 4) is 44.9 Å². The lowest BCUT2D eigenvalue weighted by atomic mass is 9.33. The maximum Gasteiger partial charge on any atom is 0.253 e. The van der Waals surface area contributed by atoms with Crippen LogP contribution in [-0.2, 0) is 27.1 Å². The summed E-state index contributed by atoms with van der Waals surface area (Å²) in [7, 11) is 0. The van der Waals surface area contributed by atoms with Gasteiger partial charge in [-0.05, 0) is 153 Å². The van der Waals surface area contributed by atoms with E-state index < -0.39 is 5.41 Å². The molecule has 0 bridgehead atoms. The van der Waals surface area contributed by atoms with E-state index in [0.717, 1.165) is 25.7 Å². The van der Waals surface area contributed by atoms with Gasteiger partial charge in [-0.1, -0.05) is 207 Å². The zero-order chi connectivity index (χ0) is 49.7. The van der Waals surface area contributed by atoms with Crippen LogP contribution in [0.4, 0.5) is 0 Å². The van der Waals surface area contributed by atoms with Crippen LogP contribution in [0, 0.1) is 0 Å². The Morgan fingerprint density at radius 1 is 0.405 bits per heavy atom. The molecule has 2 nitrogen and oxygen atoms in total. The van der Waals surface area contributed by atoms with Crippen LogP contribution in [0.25, 0.3) is 88.4 Å². The van der Waals surface area contributed by atoms with E-state index in [1.54, 1.807) is 27.6 Å². The van der Waals surface area contributed by atoms with Crippen molar-refractivity contribution in [2.75, 3.05) is 0 Å². The Balaban J connectivity index is 1.20. The van der Waals surface area contributed by atoms with Gasteiger partial charge in [0.15, 0.2) is 0 Å². The fraction of sp³-hybridized carbons (Fsp3) is 0.239. The first-order chi connectivity index (χ1) is 35.7. The molecule has 1 spiro atoms. The highest BCUT2D eigenvalue weighted by Gasteiger charge is 2.57. The maximum absolute atomic E-state index is 2.92. The van der Waals surface area contributed by atoms with Crippen molar-refractivity contribution in [1.82, 2.24) is 9.13 Å². The Morgan fingerprint density at radius 2 is 0.959 bits per heavy atom. The van der Waals surface area contributed by atoms with Gasteiger partial charge in [-0.25, -0.2) is 0 Å². The van der Waals surface area contributed by atoms with Crippen LogP contribution in [0.15, 0.2) is 164 Å². The van der Waals surface area contributed by atoms with E-state index in [1.807, 2.05) is 0 Å². The number of fused-ring (bicyclic) bond motifs is 17. The molecule has 0 atom stereocenters. The van der Waals surface area contributed by atoms with E-state index in [4.69, 9.17) is 0 Å². The number of hydrogen-bond donors (Lipinski definition) is 0. The minimum Gasteiger partial charge on any atom is -0.310 e. The van der Waals surface area contributed by atoms with Gasteiger partial charge in [-0.2, -0.15) is 0 Å². The Hall–Kier alpha value is -7.36. The van der Waals surface area contributed by atoms with E-state index in [0.29, 0.717) is 0 Å². The third kappa shape index (κ3) is 4.68. The molecule has 0 saturated carbocycles. The van der Waals surface area contributed by atoms with Gasteiger partial charge in [-0.15, -0.1) is 0 Å². The van der Waals surface area contributed by atoms with Crippen molar-refractivity contribution in [2.24, 2.45) is 0 Å². The van der Waals surface area contributed by atoms with Crippen LogP contribution in [0.3, 0.4) is 0 Å². The number of nitrogens with zero attached hydrogens (tertiary/aromatic N) is 2.